The number of aromatic carboxylic acids is 1. The molecule has 4 nitrogen and oxygen atoms in total. The first-order valence-electron chi connectivity index (χ1n) is 6.11. The number of hydrogen-bond donors (Lipinski definition) is 1. The smallest absolute Gasteiger partial charge is 0.336 e. The topological polar surface area (TPSA) is 71.4 Å². The number of carbonyl (C=O) groups is 1. The van der Waals surface area contributed by atoms with Crippen LogP contribution in [0.25, 0.3) is 0 Å². The summed E-state index contributed by atoms with van der Waals surface area (Å²) in [5, 5.41) is 9.15. The number of hydrogen-bond acceptors (Lipinski definition) is 3. The molecule has 0 aliphatic heterocycles. The average molecular weight is 369 g/mol. The lowest BCUT2D eigenvalue weighted by Crippen LogP contribution is -2.08. The van der Waals surface area contributed by atoms with E-state index in [-0.39, 0.29) is 16.2 Å². The molecule has 2 rings (SSSR count). The van der Waals surface area contributed by atoms with Gasteiger partial charge in [-0.1, -0.05) is 24.3 Å². The van der Waals surface area contributed by atoms with Crippen LogP contribution in [-0.4, -0.2) is 19.5 Å². The van der Waals surface area contributed by atoms with Crippen molar-refractivity contribution < 1.29 is 18.3 Å². The highest BCUT2D eigenvalue weighted by molar-refractivity contribution is 9.10. The van der Waals surface area contributed by atoms with E-state index >= 15 is 0 Å². The summed E-state index contributed by atoms with van der Waals surface area (Å²) >= 11 is 3.20. The van der Waals surface area contributed by atoms with Crippen molar-refractivity contribution in [2.45, 2.75) is 17.6 Å². The van der Waals surface area contributed by atoms with Gasteiger partial charge in [-0.25, -0.2) is 13.2 Å². The third-order valence-electron chi connectivity index (χ3n) is 2.97. The quantitative estimate of drug-likeness (QED) is 0.896. The predicted octanol–water partition coefficient (Wildman–Crippen LogP) is 3.43. The molecule has 0 bridgehead atoms. The third-order valence-corrected chi connectivity index (χ3v) is 5.59. The van der Waals surface area contributed by atoms with Crippen LogP contribution < -0.4 is 0 Å². The summed E-state index contributed by atoms with van der Waals surface area (Å²) in [5.41, 5.74) is 1.21. The molecule has 0 atom stereocenters. The molecule has 2 aromatic rings. The van der Waals surface area contributed by atoms with Crippen LogP contribution >= 0.6 is 15.9 Å². The summed E-state index contributed by atoms with van der Waals surface area (Å²) in [6.45, 7) is 1.73. The second-order valence-corrected chi connectivity index (χ2v) is 7.45. The second-order valence-electron chi connectivity index (χ2n) is 4.66. The van der Waals surface area contributed by atoms with E-state index in [0.717, 1.165) is 0 Å². The Kier molecular flexibility index (Phi) is 4.49. The first kappa shape index (κ1) is 15.7. The summed E-state index contributed by atoms with van der Waals surface area (Å²) in [4.78, 5) is 11.4. The minimum absolute atomic E-state index is 0.0632. The predicted molar refractivity (Wildman–Crippen MR) is 83.2 cm³/mol. The molecule has 0 radical (unpaired) electrons. The van der Waals surface area contributed by atoms with Crippen molar-refractivity contribution in [2.75, 3.05) is 0 Å². The largest absolute Gasteiger partial charge is 0.478 e. The van der Waals surface area contributed by atoms with Gasteiger partial charge in [0.2, 0.25) is 0 Å². The van der Waals surface area contributed by atoms with Crippen LogP contribution in [0.5, 0.6) is 0 Å². The Morgan fingerprint density at radius 2 is 1.81 bits per heavy atom. The van der Waals surface area contributed by atoms with Crippen molar-refractivity contribution in [3.05, 3.63) is 63.6 Å². The first-order valence-corrected chi connectivity index (χ1v) is 8.56. The van der Waals surface area contributed by atoms with E-state index in [2.05, 4.69) is 15.9 Å². The Balaban J connectivity index is 2.47. The van der Waals surface area contributed by atoms with Gasteiger partial charge in [0.1, 0.15) is 0 Å². The Morgan fingerprint density at radius 1 is 1.19 bits per heavy atom. The highest BCUT2D eigenvalue weighted by atomic mass is 79.9. The molecule has 2 aromatic carbocycles. The number of aryl methyl sites for hydroxylation is 1. The van der Waals surface area contributed by atoms with E-state index in [1.165, 1.54) is 18.2 Å². The molecule has 0 heterocycles. The Labute approximate surface area is 131 Å². The second kappa shape index (κ2) is 5.99. The normalized spacial score (nSPS) is 11.3. The zero-order valence-electron chi connectivity index (χ0n) is 11.2. The van der Waals surface area contributed by atoms with Crippen molar-refractivity contribution >= 4 is 31.7 Å². The fourth-order valence-electron chi connectivity index (χ4n) is 2.02. The molecular weight excluding hydrogens is 356 g/mol. The molecule has 0 amide bonds. The molecule has 0 aromatic heterocycles. The van der Waals surface area contributed by atoms with Crippen molar-refractivity contribution in [3.63, 3.8) is 0 Å². The Bertz CT molecular complexity index is 783. The standard InChI is InChI=1S/C15H13BrO4S/c1-10-7-11(14(16)13(8-10)15(17)18)9-21(19,20)12-5-3-2-4-6-12/h2-8H,9H2,1H3,(H,17,18). The van der Waals surface area contributed by atoms with Crippen LogP contribution in [0.3, 0.4) is 0 Å². The lowest BCUT2D eigenvalue weighted by molar-refractivity contribution is 0.0695. The third kappa shape index (κ3) is 3.51. The van der Waals surface area contributed by atoms with E-state index in [9.17, 15) is 13.2 Å². The van der Waals surface area contributed by atoms with Gasteiger partial charge in [0.05, 0.1) is 16.2 Å². The minimum Gasteiger partial charge on any atom is -0.478 e. The number of sulfone groups is 1. The van der Waals surface area contributed by atoms with E-state index in [4.69, 9.17) is 5.11 Å². The van der Waals surface area contributed by atoms with Crippen molar-refractivity contribution in [1.29, 1.82) is 0 Å². The molecule has 0 saturated carbocycles. The van der Waals surface area contributed by atoms with Crippen molar-refractivity contribution in [1.82, 2.24) is 0 Å². The van der Waals surface area contributed by atoms with Gasteiger partial charge in [-0.05, 0) is 52.2 Å². The Hall–Kier alpha value is -1.66. The fourth-order valence-corrected chi connectivity index (χ4v) is 4.12. The van der Waals surface area contributed by atoms with Gasteiger partial charge in [-0.2, -0.15) is 0 Å². The zero-order chi connectivity index (χ0) is 15.6. The monoisotopic (exact) mass is 368 g/mol. The van der Waals surface area contributed by atoms with E-state index < -0.39 is 15.8 Å². The average Bonchev–Trinajstić information content (AvgIpc) is 2.43. The van der Waals surface area contributed by atoms with Gasteiger partial charge >= 0.3 is 5.97 Å². The maximum Gasteiger partial charge on any atom is 0.336 e. The summed E-state index contributed by atoms with van der Waals surface area (Å²) < 4.78 is 25.1. The molecule has 1 N–H and O–H groups in total. The van der Waals surface area contributed by atoms with E-state index in [1.54, 1.807) is 31.2 Å². The van der Waals surface area contributed by atoms with Crippen LogP contribution in [-0.2, 0) is 15.6 Å². The molecule has 0 unspecified atom stereocenters. The Morgan fingerprint density at radius 3 is 2.38 bits per heavy atom. The summed E-state index contributed by atoms with van der Waals surface area (Å²) in [6, 6.07) is 11.3. The van der Waals surface area contributed by atoms with Gasteiger partial charge in [-0.15, -0.1) is 0 Å². The molecular formula is C15H13BrO4S. The molecule has 21 heavy (non-hydrogen) atoms. The summed E-state index contributed by atoms with van der Waals surface area (Å²) in [7, 11) is -3.52. The molecule has 0 aliphatic rings. The number of benzene rings is 2. The van der Waals surface area contributed by atoms with Crippen LogP contribution in [0.4, 0.5) is 0 Å². The summed E-state index contributed by atoms with van der Waals surface area (Å²) in [5.74, 6) is -1.34. The highest BCUT2D eigenvalue weighted by Crippen LogP contribution is 2.27. The van der Waals surface area contributed by atoms with Crippen LogP contribution in [0.1, 0.15) is 21.5 Å². The van der Waals surface area contributed by atoms with Gasteiger partial charge in [0.15, 0.2) is 9.84 Å². The number of carboxylic acids is 1. The van der Waals surface area contributed by atoms with Crippen LogP contribution in [0.2, 0.25) is 0 Å². The van der Waals surface area contributed by atoms with Gasteiger partial charge in [0.25, 0.3) is 0 Å². The van der Waals surface area contributed by atoms with Gasteiger partial charge in [-0.3, -0.25) is 0 Å². The molecule has 0 fully saturated rings. The lowest BCUT2D eigenvalue weighted by atomic mass is 10.1. The van der Waals surface area contributed by atoms with Crippen molar-refractivity contribution in [2.24, 2.45) is 0 Å². The lowest BCUT2D eigenvalue weighted by Gasteiger charge is -2.10. The van der Waals surface area contributed by atoms with Crippen LogP contribution in [0, 0.1) is 6.92 Å². The van der Waals surface area contributed by atoms with E-state index in [0.29, 0.717) is 15.6 Å². The molecule has 0 saturated heterocycles. The van der Waals surface area contributed by atoms with Crippen molar-refractivity contribution in [3.8, 4) is 0 Å². The maximum atomic E-state index is 12.4. The SMILES string of the molecule is Cc1cc(CS(=O)(=O)c2ccccc2)c(Br)c(C(=O)O)c1. The zero-order valence-corrected chi connectivity index (χ0v) is 13.6. The first-order chi connectivity index (χ1) is 9.81. The van der Waals surface area contributed by atoms with Gasteiger partial charge in [0, 0.05) is 4.47 Å². The maximum absolute atomic E-state index is 12.4. The van der Waals surface area contributed by atoms with Gasteiger partial charge < -0.3 is 5.11 Å². The fraction of sp³-hybridized carbons (Fsp3) is 0.133. The van der Waals surface area contributed by atoms with Crippen LogP contribution in [0.15, 0.2) is 51.8 Å². The molecule has 6 heteroatoms. The molecule has 0 aliphatic carbocycles. The number of carboxylic acid groups (broad SMARTS) is 1. The summed E-state index contributed by atoms with van der Waals surface area (Å²) in [6.07, 6.45) is 0. The highest BCUT2D eigenvalue weighted by Gasteiger charge is 2.20. The minimum atomic E-state index is -3.52. The van der Waals surface area contributed by atoms with E-state index in [1.807, 2.05) is 0 Å². The molecule has 0 spiro atoms. The molecule has 110 valence electrons. The number of halogens is 1. The number of rotatable bonds is 4.